The van der Waals surface area contributed by atoms with Gasteiger partial charge >= 0.3 is 0 Å². The number of hydroxylamine groups is 2. The van der Waals surface area contributed by atoms with Gasteiger partial charge in [0.05, 0.1) is 23.7 Å². The molecule has 0 saturated heterocycles. The third-order valence-electron chi connectivity index (χ3n) is 3.14. The molecule has 132 valence electrons. The molecule has 0 fully saturated rings. The first-order chi connectivity index (χ1) is 11.3. The number of rotatable bonds is 7. The van der Waals surface area contributed by atoms with Gasteiger partial charge in [-0.15, -0.1) is 0 Å². The first kappa shape index (κ1) is 20.3. The summed E-state index contributed by atoms with van der Waals surface area (Å²) in [4.78, 5) is 30.1. The van der Waals surface area contributed by atoms with Crippen LogP contribution in [0.25, 0.3) is 0 Å². The van der Waals surface area contributed by atoms with Gasteiger partial charge in [-0.25, -0.2) is 9.45 Å². The van der Waals surface area contributed by atoms with Crippen LogP contribution in [0.4, 0.5) is 4.39 Å². The van der Waals surface area contributed by atoms with Crippen molar-refractivity contribution in [3.05, 3.63) is 45.4 Å². The Hall–Kier alpha value is -1.77. The van der Waals surface area contributed by atoms with Crippen LogP contribution in [-0.2, 0) is 14.4 Å². The summed E-state index contributed by atoms with van der Waals surface area (Å²) in [7, 11) is 4.70. The standard InChI is InChI=1S/C16H20BrFN2O4/c1-19(2)9-12(15(22)10-21)16(23)20(24-3)8-11-5-4-6-14(18)13(17)7-11/h5-7,10,22H,4,8-9H2,1-3H3/b15-12-. The van der Waals surface area contributed by atoms with Gasteiger partial charge in [-0.05, 0) is 54.2 Å². The Morgan fingerprint density at radius 2 is 2.12 bits per heavy atom. The maximum absolute atomic E-state index is 13.5. The lowest BCUT2D eigenvalue weighted by atomic mass is 10.1. The van der Waals surface area contributed by atoms with Crippen LogP contribution in [-0.4, -0.2) is 61.6 Å². The summed E-state index contributed by atoms with van der Waals surface area (Å²) in [5, 5.41) is 10.7. The molecule has 1 amide bonds. The summed E-state index contributed by atoms with van der Waals surface area (Å²) in [6.07, 6.45) is 5.29. The van der Waals surface area contributed by atoms with Crippen molar-refractivity contribution in [3.8, 4) is 0 Å². The molecule has 8 heteroatoms. The molecule has 0 spiro atoms. The average molecular weight is 403 g/mol. The zero-order valence-corrected chi connectivity index (χ0v) is 15.3. The minimum atomic E-state index is -0.643. The largest absolute Gasteiger partial charge is 0.504 e. The van der Waals surface area contributed by atoms with Crippen LogP contribution in [0.1, 0.15) is 6.42 Å². The Balaban J connectivity index is 3.02. The molecule has 0 unspecified atom stereocenters. The number of aliphatic hydroxyl groups is 1. The van der Waals surface area contributed by atoms with Crippen molar-refractivity contribution in [3.63, 3.8) is 0 Å². The van der Waals surface area contributed by atoms with Crippen molar-refractivity contribution in [2.75, 3.05) is 34.3 Å². The first-order valence-electron chi connectivity index (χ1n) is 7.10. The number of amides is 1. The van der Waals surface area contributed by atoms with E-state index < -0.39 is 11.7 Å². The quantitative estimate of drug-likeness (QED) is 0.306. The summed E-state index contributed by atoms with van der Waals surface area (Å²) in [5.74, 6) is -1.67. The van der Waals surface area contributed by atoms with Gasteiger partial charge in [0.25, 0.3) is 5.91 Å². The predicted octanol–water partition coefficient (Wildman–Crippen LogP) is 2.41. The van der Waals surface area contributed by atoms with Crippen molar-refractivity contribution in [1.29, 1.82) is 0 Å². The third kappa shape index (κ3) is 5.70. The predicted molar refractivity (Wildman–Crippen MR) is 91.9 cm³/mol. The monoisotopic (exact) mass is 402 g/mol. The molecule has 0 aliphatic heterocycles. The van der Waals surface area contributed by atoms with Crippen LogP contribution in [0.15, 0.2) is 45.4 Å². The minimum Gasteiger partial charge on any atom is -0.504 e. The number of hydrogen-bond acceptors (Lipinski definition) is 5. The van der Waals surface area contributed by atoms with E-state index in [1.54, 1.807) is 31.1 Å². The van der Waals surface area contributed by atoms with Gasteiger partial charge in [0.15, 0.2) is 12.0 Å². The molecule has 1 aliphatic carbocycles. The Morgan fingerprint density at radius 1 is 1.46 bits per heavy atom. The van der Waals surface area contributed by atoms with Crippen molar-refractivity contribution in [2.24, 2.45) is 0 Å². The van der Waals surface area contributed by atoms with E-state index >= 15 is 0 Å². The number of carbonyl (C=O) groups is 2. The highest BCUT2D eigenvalue weighted by atomic mass is 79.9. The van der Waals surface area contributed by atoms with E-state index in [9.17, 15) is 19.1 Å². The second-order valence-corrected chi connectivity index (χ2v) is 6.16. The smallest absolute Gasteiger partial charge is 0.278 e. The molecule has 0 bridgehead atoms. The Kier molecular flexibility index (Phi) is 8.03. The second-order valence-electron chi connectivity index (χ2n) is 5.30. The molecule has 1 rings (SSSR count). The summed E-state index contributed by atoms with van der Waals surface area (Å²) in [6, 6.07) is 0. The maximum atomic E-state index is 13.5. The van der Waals surface area contributed by atoms with Crippen LogP contribution >= 0.6 is 15.9 Å². The average Bonchev–Trinajstić information content (AvgIpc) is 2.70. The Labute approximate surface area is 148 Å². The van der Waals surface area contributed by atoms with Gasteiger partial charge < -0.3 is 10.0 Å². The zero-order valence-electron chi connectivity index (χ0n) is 13.8. The lowest BCUT2D eigenvalue weighted by Gasteiger charge is -2.23. The number of hydrogen-bond donors (Lipinski definition) is 1. The number of halogens is 2. The van der Waals surface area contributed by atoms with E-state index in [-0.39, 0.29) is 35.3 Å². The zero-order chi connectivity index (χ0) is 18.3. The maximum Gasteiger partial charge on any atom is 0.278 e. The molecule has 1 N–H and O–H groups in total. The van der Waals surface area contributed by atoms with Gasteiger partial charge in [0, 0.05) is 6.54 Å². The number of aldehydes is 1. The fourth-order valence-electron chi connectivity index (χ4n) is 1.99. The van der Waals surface area contributed by atoms with E-state index in [1.165, 1.54) is 13.2 Å². The Morgan fingerprint density at radius 3 is 2.67 bits per heavy atom. The summed E-state index contributed by atoms with van der Waals surface area (Å²) in [5.41, 5.74) is 0.564. The molecule has 0 heterocycles. The molecule has 24 heavy (non-hydrogen) atoms. The molecule has 0 aromatic heterocycles. The van der Waals surface area contributed by atoms with E-state index in [4.69, 9.17) is 4.84 Å². The molecule has 0 saturated carbocycles. The molecule has 6 nitrogen and oxygen atoms in total. The molecule has 0 atom stereocenters. The fraction of sp³-hybridized carbons (Fsp3) is 0.375. The van der Waals surface area contributed by atoms with E-state index in [1.807, 2.05) is 0 Å². The summed E-state index contributed by atoms with van der Waals surface area (Å²) >= 11 is 3.12. The first-order valence-corrected chi connectivity index (χ1v) is 7.89. The number of nitrogens with zero attached hydrogens (tertiary/aromatic N) is 2. The number of allylic oxidation sites excluding steroid dienone is 5. The Bertz CT molecular complexity index is 624. The van der Waals surface area contributed by atoms with Crippen LogP contribution < -0.4 is 0 Å². The lowest BCUT2D eigenvalue weighted by molar-refractivity contribution is -0.169. The number of carbonyl (C=O) groups excluding carboxylic acids is 2. The second kappa shape index (κ2) is 9.51. The van der Waals surface area contributed by atoms with Gasteiger partial charge in [-0.3, -0.25) is 14.4 Å². The fourth-order valence-corrected chi connectivity index (χ4v) is 2.45. The minimum absolute atomic E-state index is 0.0363. The van der Waals surface area contributed by atoms with Crippen molar-refractivity contribution in [1.82, 2.24) is 9.96 Å². The summed E-state index contributed by atoms with van der Waals surface area (Å²) < 4.78 is 13.8. The van der Waals surface area contributed by atoms with Crippen molar-refractivity contribution >= 4 is 28.1 Å². The highest BCUT2D eigenvalue weighted by Gasteiger charge is 2.23. The number of aliphatic hydroxyl groups excluding tert-OH is 1. The summed E-state index contributed by atoms with van der Waals surface area (Å²) in [6.45, 7) is 0.104. The van der Waals surface area contributed by atoms with Crippen molar-refractivity contribution in [2.45, 2.75) is 6.42 Å². The van der Waals surface area contributed by atoms with Gasteiger partial charge in [-0.2, -0.15) is 0 Å². The molecular weight excluding hydrogens is 383 g/mol. The molecule has 0 aromatic rings. The van der Waals surface area contributed by atoms with Crippen molar-refractivity contribution < 1.29 is 23.9 Å². The highest BCUT2D eigenvalue weighted by Crippen LogP contribution is 2.25. The van der Waals surface area contributed by atoms with Crippen LogP contribution in [0, 0.1) is 0 Å². The topological polar surface area (TPSA) is 70.1 Å². The van der Waals surface area contributed by atoms with Crippen LogP contribution in [0.5, 0.6) is 0 Å². The lowest BCUT2D eigenvalue weighted by Crippen LogP contribution is -2.36. The third-order valence-corrected chi connectivity index (χ3v) is 3.75. The molecule has 1 aliphatic rings. The normalized spacial score (nSPS) is 15.8. The van der Waals surface area contributed by atoms with Crippen LogP contribution in [0.2, 0.25) is 0 Å². The van der Waals surface area contributed by atoms with Gasteiger partial charge in [-0.1, -0.05) is 6.08 Å². The molecule has 0 radical (unpaired) electrons. The van der Waals surface area contributed by atoms with E-state index in [2.05, 4.69) is 15.9 Å². The van der Waals surface area contributed by atoms with Gasteiger partial charge in [0.2, 0.25) is 0 Å². The highest BCUT2D eigenvalue weighted by molar-refractivity contribution is 9.11. The molecular formula is C16H20BrFN2O4. The van der Waals surface area contributed by atoms with Gasteiger partial charge in [0.1, 0.15) is 5.83 Å². The van der Waals surface area contributed by atoms with Crippen LogP contribution in [0.3, 0.4) is 0 Å². The number of likely N-dealkylation sites (N-methyl/N-ethyl adjacent to an activating group) is 1. The van der Waals surface area contributed by atoms with E-state index in [0.29, 0.717) is 12.0 Å². The van der Waals surface area contributed by atoms with E-state index in [0.717, 1.165) is 5.06 Å². The SMILES string of the molecule is CON(CC1=CCC=C(F)C(Br)=C1)C(=O)/C(CN(C)C)=C(\O)C=O. The molecule has 0 aromatic carbocycles.